The average Bonchev–Trinajstić information content (AvgIpc) is 2.65. The van der Waals surface area contributed by atoms with Crippen LogP contribution in [0.3, 0.4) is 0 Å². The maximum absolute atomic E-state index is 13.4. The second kappa shape index (κ2) is 6.19. The summed E-state index contributed by atoms with van der Waals surface area (Å²) in [4.78, 5) is 11.7. The lowest BCUT2D eigenvalue weighted by molar-refractivity contribution is 0.00578. The quantitative estimate of drug-likeness (QED) is 0.684. The fraction of sp³-hybridized carbons (Fsp3) is 0.471. The van der Waals surface area contributed by atoms with E-state index in [0.29, 0.717) is 11.0 Å². The molecule has 0 amide bonds. The summed E-state index contributed by atoms with van der Waals surface area (Å²) in [6, 6.07) is 3.97. The Morgan fingerprint density at radius 3 is 2.30 bits per heavy atom. The Balaban J connectivity index is 2.40. The van der Waals surface area contributed by atoms with Crippen molar-refractivity contribution in [3.63, 3.8) is 0 Å². The minimum atomic E-state index is -0.713. The molecule has 0 unspecified atom stereocenters. The van der Waals surface area contributed by atoms with Gasteiger partial charge in [0.15, 0.2) is 5.78 Å². The van der Waals surface area contributed by atoms with E-state index in [1.165, 1.54) is 25.1 Å². The van der Waals surface area contributed by atoms with Gasteiger partial charge in [-0.3, -0.25) is 4.79 Å². The first-order valence-electron chi connectivity index (χ1n) is 7.55. The van der Waals surface area contributed by atoms with E-state index < -0.39 is 24.1 Å². The van der Waals surface area contributed by atoms with E-state index in [2.05, 4.69) is 0 Å². The Kier molecular flexibility index (Phi) is 4.80. The van der Waals surface area contributed by atoms with E-state index >= 15 is 0 Å². The molecule has 0 aliphatic carbocycles. The first kappa shape index (κ1) is 17.9. The minimum absolute atomic E-state index is 0.248. The standard InChI is InChI=1S/C17H22BFO4/c1-11(21)15-9-14(19)7-6-12(15)8-13(10-20)18-22-16(2,3)17(4,5)23-18/h6-9,20H,10H2,1-5H3. The molecule has 23 heavy (non-hydrogen) atoms. The van der Waals surface area contributed by atoms with Gasteiger partial charge in [0.1, 0.15) is 5.82 Å². The van der Waals surface area contributed by atoms with E-state index in [1.807, 2.05) is 27.7 Å². The predicted molar refractivity (Wildman–Crippen MR) is 87.5 cm³/mol. The molecule has 1 aromatic rings. The van der Waals surface area contributed by atoms with E-state index in [4.69, 9.17) is 9.31 Å². The van der Waals surface area contributed by atoms with Crippen LogP contribution < -0.4 is 0 Å². The van der Waals surface area contributed by atoms with Crippen molar-refractivity contribution in [2.75, 3.05) is 6.61 Å². The highest BCUT2D eigenvalue weighted by atomic mass is 19.1. The van der Waals surface area contributed by atoms with Crippen molar-refractivity contribution in [2.24, 2.45) is 0 Å². The number of benzene rings is 1. The Labute approximate surface area is 136 Å². The van der Waals surface area contributed by atoms with Crippen LogP contribution in [0.4, 0.5) is 4.39 Å². The van der Waals surface area contributed by atoms with Gasteiger partial charge in [-0.15, -0.1) is 0 Å². The Hall–Kier alpha value is -1.50. The fourth-order valence-corrected chi connectivity index (χ4v) is 2.34. The van der Waals surface area contributed by atoms with Crippen LogP contribution in [-0.2, 0) is 9.31 Å². The van der Waals surface area contributed by atoms with Gasteiger partial charge in [-0.2, -0.15) is 0 Å². The number of rotatable bonds is 4. The zero-order chi connectivity index (χ0) is 17.4. The van der Waals surface area contributed by atoms with Crippen LogP contribution >= 0.6 is 0 Å². The Bertz CT molecular complexity index is 636. The summed E-state index contributed by atoms with van der Waals surface area (Å²) in [5.74, 6) is -0.726. The van der Waals surface area contributed by atoms with Crippen molar-refractivity contribution in [1.82, 2.24) is 0 Å². The maximum atomic E-state index is 13.4. The predicted octanol–water partition coefficient (Wildman–Crippen LogP) is 3.04. The van der Waals surface area contributed by atoms with Crippen LogP contribution in [-0.4, -0.2) is 35.8 Å². The number of ketones is 1. The topological polar surface area (TPSA) is 55.8 Å². The molecule has 1 aliphatic rings. The zero-order valence-corrected chi connectivity index (χ0v) is 14.1. The third kappa shape index (κ3) is 3.55. The third-order valence-electron chi connectivity index (χ3n) is 4.47. The van der Waals surface area contributed by atoms with E-state index in [9.17, 15) is 14.3 Å². The van der Waals surface area contributed by atoms with Gasteiger partial charge in [0.25, 0.3) is 0 Å². The summed E-state index contributed by atoms with van der Waals surface area (Å²) in [5, 5.41) is 9.68. The summed E-state index contributed by atoms with van der Waals surface area (Å²) in [7, 11) is -0.713. The molecular formula is C17H22BFO4. The molecule has 1 aliphatic heterocycles. The summed E-state index contributed by atoms with van der Waals surface area (Å²) < 4.78 is 25.2. The monoisotopic (exact) mass is 320 g/mol. The van der Waals surface area contributed by atoms with Gasteiger partial charge < -0.3 is 14.4 Å². The highest BCUT2D eigenvalue weighted by Crippen LogP contribution is 2.38. The normalized spacial score (nSPS) is 20.0. The van der Waals surface area contributed by atoms with Gasteiger partial charge >= 0.3 is 7.12 Å². The third-order valence-corrected chi connectivity index (χ3v) is 4.47. The molecule has 0 spiro atoms. The van der Waals surface area contributed by atoms with Crippen LogP contribution in [0.25, 0.3) is 6.08 Å². The van der Waals surface area contributed by atoms with E-state index in [1.54, 1.807) is 6.08 Å². The zero-order valence-electron chi connectivity index (χ0n) is 14.1. The fourth-order valence-electron chi connectivity index (χ4n) is 2.34. The minimum Gasteiger partial charge on any atom is -0.400 e. The Morgan fingerprint density at radius 1 is 1.26 bits per heavy atom. The summed E-state index contributed by atoms with van der Waals surface area (Å²) in [6.07, 6.45) is 1.62. The molecule has 0 atom stereocenters. The SMILES string of the molecule is CC(=O)c1cc(F)ccc1C=C(CO)B1OC(C)(C)C(C)(C)O1. The summed E-state index contributed by atoms with van der Waals surface area (Å²) in [5.41, 5.74) is 0.207. The lowest BCUT2D eigenvalue weighted by Gasteiger charge is -2.32. The van der Waals surface area contributed by atoms with Gasteiger partial charge in [-0.25, -0.2) is 4.39 Å². The molecule has 0 aromatic heterocycles. The molecule has 1 aromatic carbocycles. The smallest absolute Gasteiger partial charge is 0.400 e. The molecule has 1 saturated heterocycles. The van der Waals surface area contributed by atoms with Crippen LogP contribution in [0.15, 0.2) is 23.7 Å². The van der Waals surface area contributed by atoms with Crippen molar-refractivity contribution in [3.05, 3.63) is 40.6 Å². The lowest BCUT2D eigenvalue weighted by atomic mass is 9.77. The Morgan fingerprint density at radius 2 is 1.83 bits per heavy atom. The lowest BCUT2D eigenvalue weighted by Crippen LogP contribution is -2.41. The molecule has 0 radical (unpaired) electrons. The van der Waals surface area contributed by atoms with Gasteiger partial charge in [0.05, 0.1) is 17.8 Å². The molecule has 2 rings (SSSR count). The number of halogens is 1. The summed E-state index contributed by atoms with van der Waals surface area (Å²) in [6.45, 7) is 8.76. The molecule has 4 nitrogen and oxygen atoms in total. The first-order chi connectivity index (χ1) is 10.6. The van der Waals surface area contributed by atoms with Crippen molar-refractivity contribution in [1.29, 1.82) is 0 Å². The van der Waals surface area contributed by atoms with E-state index in [0.717, 1.165) is 0 Å². The number of aliphatic hydroxyl groups is 1. The highest BCUT2D eigenvalue weighted by molar-refractivity contribution is 6.55. The second-order valence-electron chi connectivity index (χ2n) is 6.75. The van der Waals surface area contributed by atoms with Gasteiger partial charge in [-0.1, -0.05) is 12.1 Å². The van der Waals surface area contributed by atoms with Crippen molar-refractivity contribution in [2.45, 2.75) is 45.8 Å². The second-order valence-corrected chi connectivity index (χ2v) is 6.75. The number of carbonyl (C=O) groups excluding carboxylic acids is 1. The summed E-state index contributed by atoms with van der Waals surface area (Å²) >= 11 is 0. The molecule has 1 N–H and O–H groups in total. The maximum Gasteiger partial charge on any atom is 0.492 e. The number of hydrogen-bond acceptors (Lipinski definition) is 4. The number of Topliss-reactive ketones (excluding diaryl/α,β-unsaturated/α-hetero) is 1. The largest absolute Gasteiger partial charge is 0.492 e. The van der Waals surface area contributed by atoms with Crippen molar-refractivity contribution < 1.29 is 23.6 Å². The van der Waals surface area contributed by atoms with E-state index in [-0.39, 0.29) is 18.0 Å². The molecule has 1 fully saturated rings. The van der Waals surface area contributed by atoms with Crippen LogP contribution in [0.5, 0.6) is 0 Å². The average molecular weight is 320 g/mol. The van der Waals surface area contributed by atoms with Gasteiger partial charge in [0, 0.05) is 5.56 Å². The number of aliphatic hydroxyl groups excluding tert-OH is 1. The highest BCUT2D eigenvalue weighted by Gasteiger charge is 2.52. The molecule has 6 heteroatoms. The number of hydrogen-bond donors (Lipinski definition) is 1. The van der Waals surface area contributed by atoms with Gasteiger partial charge in [0.2, 0.25) is 0 Å². The molecule has 0 saturated carbocycles. The molecule has 0 bridgehead atoms. The van der Waals surface area contributed by atoms with Crippen LogP contribution in [0, 0.1) is 5.82 Å². The van der Waals surface area contributed by atoms with Crippen molar-refractivity contribution in [3.8, 4) is 0 Å². The van der Waals surface area contributed by atoms with Gasteiger partial charge in [-0.05, 0) is 57.8 Å². The van der Waals surface area contributed by atoms with Crippen LogP contribution in [0.2, 0.25) is 0 Å². The first-order valence-corrected chi connectivity index (χ1v) is 7.55. The van der Waals surface area contributed by atoms with Crippen molar-refractivity contribution >= 4 is 19.0 Å². The molecule has 124 valence electrons. The molecular weight excluding hydrogens is 298 g/mol. The molecule has 1 heterocycles. The van der Waals surface area contributed by atoms with Crippen LogP contribution in [0.1, 0.15) is 50.5 Å². The number of carbonyl (C=O) groups is 1.